The fourth-order valence-electron chi connectivity index (χ4n) is 3.26. The van der Waals surface area contributed by atoms with E-state index in [0.29, 0.717) is 6.04 Å². The third kappa shape index (κ3) is 4.99. The Morgan fingerprint density at radius 1 is 1.12 bits per heavy atom. The average Bonchev–Trinajstić information content (AvgIpc) is 2.27. The Balaban J connectivity index is 2.50. The van der Waals surface area contributed by atoms with E-state index in [1.807, 2.05) is 0 Å². The molecule has 1 aliphatic carbocycles. The Hall–Kier alpha value is -0.0400. The highest BCUT2D eigenvalue weighted by Gasteiger charge is 2.29. The zero-order valence-corrected chi connectivity index (χ0v) is 12.6. The Bertz CT molecular complexity index is 200. The van der Waals surface area contributed by atoms with Gasteiger partial charge in [0, 0.05) is 12.1 Å². The molecule has 17 heavy (non-hydrogen) atoms. The van der Waals surface area contributed by atoms with Gasteiger partial charge in [0.1, 0.15) is 0 Å². The van der Waals surface area contributed by atoms with E-state index in [1.54, 1.807) is 0 Å². The van der Waals surface area contributed by atoms with Gasteiger partial charge in [0.15, 0.2) is 0 Å². The summed E-state index contributed by atoms with van der Waals surface area (Å²) in [5.74, 6) is 2.79. The van der Waals surface area contributed by atoms with Crippen LogP contribution < -0.4 is 5.32 Å². The van der Waals surface area contributed by atoms with Crippen molar-refractivity contribution in [2.24, 2.45) is 17.8 Å². The van der Waals surface area contributed by atoms with E-state index < -0.39 is 0 Å². The second-order valence-electron chi connectivity index (χ2n) is 6.60. The van der Waals surface area contributed by atoms with E-state index >= 15 is 0 Å². The predicted octanol–water partition coefficient (Wildman–Crippen LogP) is 4.62. The fourth-order valence-corrected chi connectivity index (χ4v) is 3.26. The molecule has 0 aromatic rings. The van der Waals surface area contributed by atoms with Gasteiger partial charge in [-0.1, -0.05) is 53.9 Å². The summed E-state index contributed by atoms with van der Waals surface area (Å²) in [6.07, 6.45) is 8.41. The predicted molar refractivity (Wildman–Crippen MR) is 77.3 cm³/mol. The van der Waals surface area contributed by atoms with Gasteiger partial charge in [-0.2, -0.15) is 0 Å². The minimum Gasteiger partial charge on any atom is -0.312 e. The summed E-state index contributed by atoms with van der Waals surface area (Å²) in [6.45, 7) is 11.8. The third-order valence-corrected chi connectivity index (χ3v) is 4.62. The van der Waals surface area contributed by atoms with Crippen molar-refractivity contribution in [1.29, 1.82) is 0 Å². The molecule has 1 aliphatic rings. The van der Waals surface area contributed by atoms with Crippen LogP contribution in [0.15, 0.2) is 0 Å². The summed E-state index contributed by atoms with van der Waals surface area (Å²) >= 11 is 0. The standard InChI is InChI=1S/C16H33N/c1-6-7-8-16(17-12(2)3)15-10-9-13(4)14(5)11-15/h12-17H,6-11H2,1-5H3. The largest absolute Gasteiger partial charge is 0.312 e. The maximum atomic E-state index is 3.82. The van der Waals surface area contributed by atoms with E-state index in [1.165, 1.54) is 38.5 Å². The molecule has 1 rings (SSSR count). The zero-order chi connectivity index (χ0) is 12.8. The quantitative estimate of drug-likeness (QED) is 0.713. The molecule has 1 fully saturated rings. The molecule has 1 saturated carbocycles. The van der Waals surface area contributed by atoms with E-state index in [0.717, 1.165) is 23.8 Å². The number of rotatable bonds is 6. The van der Waals surface area contributed by atoms with Crippen molar-refractivity contribution < 1.29 is 0 Å². The molecule has 0 aromatic carbocycles. The van der Waals surface area contributed by atoms with Crippen LogP contribution in [-0.4, -0.2) is 12.1 Å². The average molecular weight is 239 g/mol. The maximum Gasteiger partial charge on any atom is 0.00977 e. The van der Waals surface area contributed by atoms with Crippen molar-refractivity contribution in [2.75, 3.05) is 0 Å². The van der Waals surface area contributed by atoms with Gasteiger partial charge in [-0.15, -0.1) is 0 Å². The molecule has 0 bridgehead atoms. The summed E-state index contributed by atoms with van der Waals surface area (Å²) in [5.41, 5.74) is 0. The van der Waals surface area contributed by atoms with Gasteiger partial charge in [-0.05, 0) is 37.0 Å². The van der Waals surface area contributed by atoms with E-state index in [-0.39, 0.29) is 0 Å². The smallest absolute Gasteiger partial charge is 0.00977 e. The van der Waals surface area contributed by atoms with Crippen LogP contribution in [-0.2, 0) is 0 Å². The molecule has 0 amide bonds. The van der Waals surface area contributed by atoms with Crippen LogP contribution in [0.1, 0.15) is 73.1 Å². The van der Waals surface area contributed by atoms with E-state index in [4.69, 9.17) is 0 Å². The second kappa shape index (κ2) is 7.41. The molecule has 0 saturated heterocycles. The first-order valence-corrected chi connectivity index (χ1v) is 7.80. The SMILES string of the molecule is CCCCC(NC(C)C)C1CCC(C)C(C)C1. The van der Waals surface area contributed by atoms with Gasteiger partial charge in [0.25, 0.3) is 0 Å². The normalized spacial score (nSPS) is 31.8. The summed E-state index contributed by atoms with van der Waals surface area (Å²) in [7, 11) is 0. The van der Waals surface area contributed by atoms with Crippen LogP contribution in [0, 0.1) is 17.8 Å². The molecule has 1 heteroatoms. The minimum absolute atomic E-state index is 0.631. The van der Waals surface area contributed by atoms with Gasteiger partial charge in [-0.3, -0.25) is 0 Å². The number of nitrogens with one attached hydrogen (secondary N) is 1. The maximum absolute atomic E-state index is 3.82. The first-order valence-electron chi connectivity index (χ1n) is 7.80. The van der Waals surface area contributed by atoms with Crippen LogP contribution in [0.3, 0.4) is 0 Å². The van der Waals surface area contributed by atoms with Gasteiger partial charge in [-0.25, -0.2) is 0 Å². The monoisotopic (exact) mass is 239 g/mol. The Morgan fingerprint density at radius 2 is 1.82 bits per heavy atom. The highest BCUT2D eigenvalue weighted by atomic mass is 14.9. The molecule has 0 aliphatic heterocycles. The molecule has 1 N–H and O–H groups in total. The number of unbranched alkanes of at least 4 members (excludes halogenated alkanes) is 1. The fraction of sp³-hybridized carbons (Fsp3) is 1.00. The second-order valence-corrected chi connectivity index (χ2v) is 6.60. The van der Waals surface area contributed by atoms with E-state index in [2.05, 4.69) is 39.9 Å². The lowest BCUT2D eigenvalue weighted by atomic mass is 9.72. The van der Waals surface area contributed by atoms with E-state index in [9.17, 15) is 0 Å². The topological polar surface area (TPSA) is 12.0 Å². The lowest BCUT2D eigenvalue weighted by molar-refractivity contribution is 0.160. The first-order chi connectivity index (χ1) is 8.04. The van der Waals surface area contributed by atoms with Crippen molar-refractivity contribution >= 4 is 0 Å². The van der Waals surface area contributed by atoms with Crippen molar-refractivity contribution in [2.45, 2.75) is 85.2 Å². The minimum atomic E-state index is 0.631. The molecule has 4 atom stereocenters. The highest BCUT2D eigenvalue weighted by Crippen LogP contribution is 2.36. The number of hydrogen-bond donors (Lipinski definition) is 1. The Morgan fingerprint density at radius 3 is 2.35 bits per heavy atom. The first kappa shape index (κ1) is 15.0. The number of hydrogen-bond acceptors (Lipinski definition) is 1. The molecule has 1 nitrogen and oxygen atoms in total. The third-order valence-electron chi connectivity index (χ3n) is 4.62. The molecule has 0 radical (unpaired) electrons. The molecule has 0 heterocycles. The van der Waals surface area contributed by atoms with Crippen LogP contribution in [0.5, 0.6) is 0 Å². The van der Waals surface area contributed by atoms with Crippen LogP contribution in [0.25, 0.3) is 0 Å². The molecular weight excluding hydrogens is 206 g/mol. The lowest BCUT2D eigenvalue weighted by Gasteiger charge is -2.38. The van der Waals surface area contributed by atoms with Crippen LogP contribution in [0.4, 0.5) is 0 Å². The molecule has 0 aromatic heterocycles. The summed E-state index contributed by atoms with van der Waals surface area (Å²) in [6, 6.07) is 1.40. The van der Waals surface area contributed by atoms with Crippen LogP contribution in [0.2, 0.25) is 0 Å². The molecule has 0 spiro atoms. The van der Waals surface area contributed by atoms with Gasteiger partial charge in [0.2, 0.25) is 0 Å². The van der Waals surface area contributed by atoms with Crippen molar-refractivity contribution in [3.63, 3.8) is 0 Å². The van der Waals surface area contributed by atoms with Crippen LogP contribution >= 0.6 is 0 Å². The Labute approximate surface area is 109 Å². The van der Waals surface area contributed by atoms with Crippen molar-refractivity contribution in [3.05, 3.63) is 0 Å². The van der Waals surface area contributed by atoms with Crippen molar-refractivity contribution in [1.82, 2.24) is 5.32 Å². The van der Waals surface area contributed by atoms with Gasteiger partial charge < -0.3 is 5.32 Å². The van der Waals surface area contributed by atoms with Crippen molar-refractivity contribution in [3.8, 4) is 0 Å². The molecule has 102 valence electrons. The summed E-state index contributed by atoms with van der Waals surface area (Å²) in [4.78, 5) is 0. The summed E-state index contributed by atoms with van der Waals surface area (Å²) in [5, 5.41) is 3.82. The Kier molecular flexibility index (Phi) is 6.54. The zero-order valence-electron chi connectivity index (χ0n) is 12.6. The summed E-state index contributed by atoms with van der Waals surface area (Å²) < 4.78 is 0. The lowest BCUT2D eigenvalue weighted by Crippen LogP contribution is -2.42. The highest BCUT2D eigenvalue weighted by molar-refractivity contribution is 4.84. The van der Waals surface area contributed by atoms with Gasteiger partial charge >= 0.3 is 0 Å². The molecule has 4 unspecified atom stereocenters. The molecular formula is C16H33N. The van der Waals surface area contributed by atoms with Gasteiger partial charge in [0.05, 0.1) is 0 Å².